The van der Waals surface area contributed by atoms with Crippen LogP contribution in [0.4, 0.5) is 0 Å². The van der Waals surface area contributed by atoms with Crippen molar-refractivity contribution >= 4 is 24.1 Å². The van der Waals surface area contributed by atoms with Crippen LogP contribution < -0.4 is 10.6 Å². The number of nitrogens with zero attached hydrogens (tertiary/aromatic N) is 4. The molecule has 0 radical (unpaired) electrons. The Morgan fingerprint density at radius 1 is 0.745 bits per heavy atom. The molecular formula is C49H55N6+. The minimum absolute atomic E-state index is 0.104. The molecule has 55 heavy (non-hydrogen) atoms. The van der Waals surface area contributed by atoms with E-state index < -0.39 is 0 Å². The standard InChI is InChI=1S/C49H55N6/c1-55-31-15-26-42(40-24-14-25-41(32-40)49-53-47(38-20-10-4-11-21-38)52-48(54-49)39-22-12-5-13-23-39)45(55)44-33-43(50-46(51-44)37-18-8-3-9-19-37)36-29-27-35(28-30-36)34-16-6-2-7-17-34/h3-4,6,8-11,16-22,27,29-30,32,35,41,44,46,49,51H,1-2,5,7,12-15,23-26,28,31,33H2,(H,52,53,54)/q+1/t35?,41?,44?,46-,49?/m0/s1. The van der Waals surface area contributed by atoms with Gasteiger partial charge in [-0.25, -0.2) is 14.6 Å². The van der Waals surface area contributed by atoms with Gasteiger partial charge in [0, 0.05) is 41.5 Å². The van der Waals surface area contributed by atoms with E-state index in [0.29, 0.717) is 5.92 Å². The van der Waals surface area contributed by atoms with Crippen LogP contribution in [-0.4, -0.2) is 47.4 Å². The first-order valence-corrected chi connectivity index (χ1v) is 21.0. The first-order chi connectivity index (χ1) is 27.2. The molecule has 3 aliphatic heterocycles. The van der Waals surface area contributed by atoms with Gasteiger partial charge in [-0.3, -0.25) is 10.3 Å². The van der Waals surface area contributed by atoms with Crippen LogP contribution in [-0.2, 0) is 0 Å². The van der Waals surface area contributed by atoms with Crippen molar-refractivity contribution in [1.29, 1.82) is 0 Å². The highest BCUT2D eigenvalue weighted by Gasteiger charge is 2.38. The van der Waals surface area contributed by atoms with Gasteiger partial charge in [-0.2, -0.15) is 0 Å². The number of hydrogen-bond donors (Lipinski definition) is 2. The lowest BCUT2D eigenvalue weighted by Crippen LogP contribution is -2.44. The summed E-state index contributed by atoms with van der Waals surface area (Å²) >= 11 is 0. The van der Waals surface area contributed by atoms with Gasteiger partial charge in [-0.1, -0.05) is 109 Å². The predicted molar refractivity (Wildman–Crippen MR) is 228 cm³/mol. The minimum Gasteiger partial charge on any atom is -0.325 e. The molecule has 2 aromatic rings. The predicted octanol–water partition coefficient (Wildman–Crippen LogP) is 10.0. The number of rotatable bonds is 8. The minimum atomic E-state index is -0.143. The van der Waals surface area contributed by atoms with E-state index in [1.807, 2.05) is 0 Å². The SMILES string of the molecule is C=[N+]1CCCC(C2=CC(C3N=C(C4=CCCCC4)NC(c4ccccc4)=N3)CCC2)=C1C1CC(C2=CCC(C3=CCCC=C3)C=C2)=N[C@H](c2ccccc2)N1. The number of benzene rings is 2. The van der Waals surface area contributed by atoms with Crippen molar-refractivity contribution in [3.05, 3.63) is 154 Å². The molecule has 6 heteroatoms. The third-order valence-electron chi connectivity index (χ3n) is 12.4. The molecular weight excluding hydrogens is 673 g/mol. The summed E-state index contributed by atoms with van der Waals surface area (Å²) < 4.78 is 2.30. The van der Waals surface area contributed by atoms with Gasteiger partial charge in [-0.05, 0) is 98.5 Å². The maximum Gasteiger partial charge on any atom is 0.201 e. The van der Waals surface area contributed by atoms with Gasteiger partial charge in [0.15, 0.2) is 6.17 Å². The Bertz CT molecular complexity index is 2100. The third-order valence-corrected chi connectivity index (χ3v) is 12.4. The van der Waals surface area contributed by atoms with Crippen LogP contribution in [0.5, 0.6) is 0 Å². The molecule has 0 fully saturated rings. The smallest absolute Gasteiger partial charge is 0.201 e. The van der Waals surface area contributed by atoms with E-state index in [1.165, 1.54) is 57.7 Å². The number of nitrogens with one attached hydrogen (secondary N) is 2. The molecule has 5 atom stereocenters. The third kappa shape index (κ3) is 7.93. The van der Waals surface area contributed by atoms with Crippen molar-refractivity contribution in [1.82, 2.24) is 10.6 Å². The summed E-state index contributed by atoms with van der Waals surface area (Å²) in [6.45, 7) is 5.64. The fourth-order valence-corrected chi connectivity index (χ4v) is 9.56. The summed E-state index contributed by atoms with van der Waals surface area (Å²) in [4.78, 5) is 16.1. The van der Waals surface area contributed by atoms with E-state index in [2.05, 4.69) is 131 Å². The lowest BCUT2D eigenvalue weighted by Gasteiger charge is -2.34. The Labute approximate surface area is 327 Å². The molecule has 0 aromatic heterocycles. The Hall–Kier alpha value is -4.94. The molecule has 4 unspecified atom stereocenters. The Kier molecular flexibility index (Phi) is 10.7. The van der Waals surface area contributed by atoms with Crippen LogP contribution in [0.3, 0.4) is 0 Å². The first-order valence-electron chi connectivity index (χ1n) is 21.0. The van der Waals surface area contributed by atoms with Gasteiger partial charge in [-0.15, -0.1) is 0 Å². The molecule has 0 amide bonds. The summed E-state index contributed by atoms with van der Waals surface area (Å²) in [6.07, 6.45) is 33.3. The van der Waals surface area contributed by atoms with Crippen LogP contribution >= 0.6 is 0 Å². The second-order valence-corrected chi connectivity index (χ2v) is 16.2. The topological polar surface area (TPSA) is 64.1 Å². The number of amidine groups is 2. The van der Waals surface area contributed by atoms with Crippen molar-refractivity contribution in [2.45, 2.75) is 102 Å². The van der Waals surface area contributed by atoms with Crippen molar-refractivity contribution in [2.24, 2.45) is 26.8 Å². The van der Waals surface area contributed by atoms with Crippen molar-refractivity contribution in [3.8, 4) is 0 Å². The second kappa shape index (κ2) is 16.4. The molecule has 0 spiro atoms. The van der Waals surface area contributed by atoms with Crippen LogP contribution in [0.25, 0.3) is 0 Å². The second-order valence-electron chi connectivity index (χ2n) is 16.2. The van der Waals surface area contributed by atoms with E-state index in [0.717, 1.165) is 94.4 Å². The molecule has 0 bridgehead atoms. The average molecular weight is 728 g/mol. The van der Waals surface area contributed by atoms with Crippen LogP contribution in [0, 0.1) is 11.8 Å². The van der Waals surface area contributed by atoms with Crippen LogP contribution in [0.15, 0.2) is 158 Å². The lowest BCUT2D eigenvalue weighted by molar-refractivity contribution is -0.479. The molecule has 6 nitrogen and oxygen atoms in total. The average Bonchev–Trinajstić information content (AvgIpc) is 3.27. The largest absolute Gasteiger partial charge is 0.325 e. The highest BCUT2D eigenvalue weighted by molar-refractivity contribution is 6.15. The quantitative estimate of drug-likeness (QED) is 0.266. The zero-order valence-electron chi connectivity index (χ0n) is 32.2. The lowest BCUT2D eigenvalue weighted by atomic mass is 9.80. The van der Waals surface area contributed by atoms with E-state index in [4.69, 9.17) is 15.0 Å². The van der Waals surface area contributed by atoms with Crippen LogP contribution in [0.1, 0.15) is 101 Å². The molecule has 9 rings (SSSR count). The Morgan fingerprint density at radius 3 is 2.36 bits per heavy atom. The molecule has 4 aliphatic carbocycles. The van der Waals surface area contributed by atoms with E-state index in [9.17, 15) is 0 Å². The summed E-state index contributed by atoms with van der Waals surface area (Å²) in [5.74, 6) is 2.66. The fraction of sp³-hybridized carbons (Fsp3) is 0.388. The zero-order valence-corrected chi connectivity index (χ0v) is 32.2. The van der Waals surface area contributed by atoms with Crippen LogP contribution in [0.2, 0.25) is 0 Å². The van der Waals surface area contributed by atoms with Gasteiger partial charge < -0.3 is 5.32 Å². The van der Waals surface area contributed by atoms with Gasteiger partial charge >= 0.3 is 0 Å². The van der Waals surface area contributed by atoms with Gasteiger partial charge in [0.25, 0.3) is 0 Å². The molecule has 2 N–H and O–H groups in total. The zero-order chi connectivity index (χ0) is 37.0. The summed E-state index contributed by atoms with van der Waals surface area (Å²) in [5.41, 5.74) is 11.9. The van der Waals surface area contributed by atoms with Crippen molar-refractivity contribution in [2.75, 3.05) is 6.54 Å². The summed E-state index contributed by atoms with van der Waals surface area (Å²) in [6, 6.07) is 21.5. The van der Waals surface area contributed by atoms with Gasteiger partial charge in [0.1, 0.15) is 37.1 Å². The monoisotopic (exact) mass is 727 g/mol. The van der Waals surface area contributed by atoms with E-state index >= 15 is 0 Å². The first kappa shape index (κ1) is 35.7. The number of hydrogen-bond acceptors (Lipinski definition) is 5. The normalized spacial score (nSPS) is 28.5. The molecule has 2 aromatic carbocycles. The van der Waals surface area contributed by atoms with Gasteiger partial charge in [0.05, 0.1) is 0 Å². The fourth-order valence-electron chi connectivity index (χ4n) is 9.56. The maximum atomic E-state index is 5.41. The number of aliphatic imine (C=N–C) groups is 3. The van der Waals surface area contributed by atoms with Crippen molar-refractivity contribution < 1.29 is 4.58 Å². The molecule has 7 aliphatic rings. The summed E-state index contributed by atoms with van der Waals surface area (Å²) in [5, 5.41) is 7.69. The highest BCUT2D eigenvalue weighted by Crippen LogP contribution is 2.39. The summed E-state index contributed by atoms with van der Waals surface area (Å²) in [7, 11) is 0. The highest BCUT2D eigenvalue weighted by atomic mass is 15.2. The molecule has 3 heterocycles. The van der Waals surface area contributed by atoms with E-state index in [-0.39, 0.29) is 24.3 Å². The molecule has 280 valence electrons. The number of allylic oxidation sites excluding steroid dienone is 11. The van der Waals surface area contributed by atoms with Gasteiger partial charge in [0.2, 0.25) is 5.70 Å². The van der Waals surface area contributed by atoms with E-state index in [1.54, 1.807) is 0 Å². The molecule has 0 saturated heterocycles. The maximum absolute atomic E-state index is 5.41. The Balaban J connectivity index is 1.05. The molecule has 0 saturated carbocycles. The van der Waals surface area contributed by atoms with Crippen molar-refractivity contribution in [3.63, 3.8) is 0 Å². The Morgan fingerprint density at radius 2 is 1.58 bits per heavy atom.